The predicted molar refractivity (Wildman–Crippen MR) is 122 cm³/mol. The van der Waals surface area contributed by atoms with E-state index in [-0.39, 0.29) is 36.8 Å². The van der Waals surface area contributed by atoms with E-state index in [4.69, 9.17) is 22.1 Å². The van der Waals surface area contributed by atoms with Crippen LogP contribution in [0.2, 0.25) is 5.02 Å². The van der Waals surface area contributed by atoms with E-state index in [2.05, 4.69) is 14.9 Å². The molecule has 0 saturated carbocycles. The van der Waals surface area contributed by atoms with Gasteiger partial charge >= 0.3 is 0 Å². The summed E-state index contributed by atoms with van der Waals surface area (Å²) >= 11 is 5.91. The largest absolute Gasteiger partial charge is 0.367 e. The fourth-order valence-electron chi connectivity index (χ4n) is 3.83. The van der Waals surface area contributed by atoms with Gasteiger partial charge < -0.3 is 20.3 Å². The maximum absolute atomic E-state index is 12.8. The van der Waals surface area contributed by atoms with Crippen LogP contribution in [0, 0.1) is 0 Å². The minimum Gasteiger partial charge on any atom is -0.367 e. The lowest BCUT2D eigenvalue weighted by molar-refractivity contribution is -0.132. The van der Waals surface area contributed by atoms with Crippen LogP contribution in [0.3, 0.4) is 0 Å². The second-order valence-electron chi connectivity index (χ2n) is 7.26. The molecule has 1 saturated heterocycles. The molecule has 164 valence electrons. The van der Waals surface area contributed by atoms with Crippen molar-refractivity contribution in [3.8, 4) is 0 Å². The van der Waals surface area contributed by atoms with E-state index in [9.17, 15) is 4.79 Å². The van der Waals surface area contributed by atoms with Gasteiger partial charge in [0.05, 0.1) is 24.4 Å². The summed E-state index contributed by atoms with van der Waals surface area (Å²) in [4.78, 5) is 25.6. The number of piperazine rings is 1. The number of anilines is 1. The van der Waals surface area contributed by atoms with Crippen LogP contribution in [0.5, 0.6) is 0 Å². The molecule has 10 heteroatoms. The number of hydrogen-bond acceptors (Lipinski definition) is 6. The average Bonchev–Trinajstić information content (AvgIpc) is 3.10. The number of rotatable bonds is 4. The lowest BCUT2D eigenvalue weighted by Gasteiger charge is -2.37. The van der Waals surface area contributed by atoms with E-state index in [0.29, 0.717) is 31.1 Å². The van der Waals surface area contributed by atoms with Gasteiger partial charge in [-0.2, -0.15) is 0 Å². The number of fused-ring (bicyclic) bond motifs is 1. The second-order valence-corrected chi connectivity index (χ2v) is 7.70. The highest BCUT2D eigenvalue weighted by atomic mass is 35.5. The molecule has 0 radical (unpaired) electrons. The fourth-order valence-corrected chi connectivity index (χ4v) is 3.95. The van der Waals surface area contributed by atoms with Crippen molar-refractivity contribution in [1.82, 2.24) is 14.9 Å². The third-order valence-electron chi connectivity index (χ3n) is 5.40. The first-order valence-electron chi connectivity index (χ1n) is 9.52. The monoisotopic (exact) mass is 473 g/mol. The van der Waals surface area contributed by atoms with Gasteiger partial charge in [0.15, 0.2) is 0 Å². The Morgan fingerprint density at radius 2 is 1.87 bits per heavy atom. The number of nitrogens with zero attached hydrogens (tertiary/aromatic N) is 4. The van der Waals surface area contributed by atoms with Gasteiger partial charge in [-0.15, -0.1) is 24.8 Å². The summed E-state index contributed by atoms with van der Waals surface area (Å²) in [5.74, 6) is 0.909. The summed E-state index contributed by atoms with van der Waals surface area (Å²) in [6.45, 7) is 5.24. The zero-order chi connectivity index (χ0) is 19.7. The van der Waals surface area contributed by atoms with Gasteiger partial charge in [-0.05, 0) is 31.0 Å². The Bertz CT molecular complexity index is 860. The van der Waals surface area contributed by atoms with E-state index in [1.54, 1.807) is 6.33 Å². The third-order valence-corrected chi connectivity index (χ3v) is 5.65. The molecule has 4 rings (SSSR count). The maximum Gasteiger partial charge on any atom is 0.239 e. The number of halogens is 3. The van der Waals surface area contributed by atoms with Crippen LogP contribution in [0.4, 0.5) is 5.82 Å². The van der Waals surface area contributed by atoms with E-state index >= 15 is 0 Å². The molecule has 7 nitrogen and oxygen atoms in total. The molecular weight excluding hydrogens is 449 g/mol. The Labute approximate surface area is 193 Å². The molecule has 3 heterocycles. The summed E-state index contributed by atoms with van der Waals surface area (Å²) in [6, 6.07) is 6.90. The van der Waals surface area contributed by atoms with Gasteiger partial charge in [-0.1, -0.05) is 23.7 Å². The molecule has 1 amide bonds. The molecule has 2 aromatic rings. The number of amides is 1. The van der Waals surface area contributed by atoms with Gasteiger partial charge in [-0.3, -0.25) is 4.79 Å². The Balaban J connectivity index is 0.00000160. The Hall–Kier alpha value is -1.64. The first-order valence-corrected chi connectivity index (χ1v) is 9.90. The topological polar surface area (TPSA) is 84.6 Å². The van der Waals surface area contributed by atoms with Crippen molar-refractivity contribution in [2.75, 3.05) is 31.1 Å². The van der Waals surface area contributed by atoms with Crippen molar-refractivity contribution in [2.45, 2.75) is 32.1 Å². The van der Waals surface area contributed by atoms with Crippen molar-refractivity contribution in [3.63, 3.8) is 0 Å². The molecule has 1 unspecified atom stereocenters. The molecule has 1 aromatic heterocycles. The minimum absolute atomic E-state index is 0. The number of aromatic nitrogens is 2. The predicted octanol–water partition coefficient (Wildman–Crippen LogP) is 2.78. The molecule has 2 N–H and O–H groups in total. The Kier molecular flexibility index (Phi) is 8.70. The molecular formula is C20H26Cl3N5O2. The average molecular weight is 475 g/mol. The van der Waals surface area contributed by atoms with E-state index < -0.39 is 6.04 Å². The number of nitrogens with two attached hydrogens (primary N) is 1. The quantitative estimate of drug-likeness (QED) is 0.733. The molecule has 0 aliphatic carbocycles. The Morgan fingerprint density at radius 1 is 1.20 bits per heavy atom. The third kappa shape index (κ3) is 5.15. The van der Waals surface area contributed by atoms with Crippen molar-refractivity contribution >= 4 is 48.1 Å². The van der Waals surface area contributed by atoms with Gasteiger partial charge in [0.25, 0.3) is 0 Å². The fraction of sp³-hybridized carbons (Fsp3) is 0.450. The first-order chi connectivity index (χ1) is 13.5. The number of carbonyl (C=O) groups excluding carboxylic acids is 1. The summed E-state index contributed by atoms with van der Waals surface area (Å²) in [6.07, 6.45) is 2.10. The maximum atomic E-state index is 12.8. The van der Waals surface area contributed by atoms with Gasteiger partial charge in [0.1, 0.15) is 12.1 Å². The smallest absolute Gasteiger partial charge is 0.239 e. The summed E-state index contributed by atoms with van der Waals surface area (Å²) in [5.41, 5.74) is 9.22. The van der Waals surface area contributed by atoms with E-state index in [1.165, 1.54) is 0 Å². The van der Waals surface area contributed by atoms with Crippen LogP contribution >= 0.6 is 36.4 Å². The molecule has 30 heavy (non-hydrogen) atoms. The number of hydrogen-bond donors (Lipinski definition) is 1. The lowest BCUT2D eigenvalue weighted by Crippen LogP contribution is -2.54. The molecule has 2 aliphatic rings. The van der Waals surface area contributed by atoms with Crippen LogP contribution < -0.4 is 10.6 Å². The second kappa shape index (κ2) is 10.6. The highest BCUT2D eigenvalue weighted by Crippen LogP contribution is 2.35. The SMILES string of the molecule is CC1OCc2ncnc(N3CCN(C(=O)[C@H](N)Cc4ccc(Cl)cc4)CC3)c21.Cl.Cl. The molecule has 2 aliphatic heterocycles. The van der Waals surface area contributed by atoms with Gasteiger partial charge in [0, 0.05) is 36.8 Å². The van der Waals surface area contributed by atoms with Crippen LogP contribution in [0.1, 0.15) is 29.8 Å². The zero-order valence-corrected chi connectivity index (χ0v) is 19.1. The Morgan fingerprint density at radius 3 is 2.53 bits per heavy atom. The normalized spacial score (nSPS) is 18.8. The van der Waals surface area contributed by atoms with Crippen LogP contribution in [-0.2, 0) is 22.6 Å². The molecule has 0 bridgehead atoms. The highest BCUT2D eigenvalue weighted by Gasteiger charge is 2.31. The number of ether oxygens (including phenoxy) is 1. The standard InChI is InChI=1S/C20H24ClN5O2.2ClH/c1-13-18-17(11-28-13)23-12-24-19(18)25-6-8-26(9-7-25)20(27)16(22)10-14-2-4-15(21)5-3-14;;/h2-5,12-13,16H,6-11,22H2,1H3;2*1H/t13?,16-;;/m1../s1. The number of benzene rings is 1. The zero-order valence-electron chi connectivity index (χ0n) is 16.7. The summed E-state index contributed by atoms with van der Waals surface area (Å²) < 4.78 is 5.69. The van der Waals surface area contributed by atoms with Crippen molar-refractivity contribution in [3.05, 3.63) is 52.4 Å². The van der Waals surface area contributed by atoms with Crippen LogP contribution in [0.25, 0.3) is 0 Å². The lowest BCUT2D eigenvalue weighted by atomic mass is 10.1. The van der Waals surface area contributed by atoms with E-state index in [1.807, 2.05) is 36.1 Å². The summed E-state index contributed by atoms with van der Waals surface area (Å²) in [7, 11) is 0. The minimum atomic E-state index is -0.551. The molecule has 1 fully saturated rings. The molecule has 2 atom stereocenters. The van der Waals surface area contributed by atoms with Crippen LogP contribution in [0.15, 0.2) is 30.6 Å². The van der Waals surface area contributed by atoms with E-state index in [0.717, 1.165) is 35.7 Å². The summed E-state index contributed by atoms with van der Waals surface area (Å²) in [5, 5.41) is 0.677. The molecule has 1 aromatic carbocycles. The van der Waals surface area contributed by atoms with Crippen LogP contribution in [-0.4, -0.2) is 53.0 Å². The first kappa shape index (κ1) is 24.6. The van der Waals surface area contributed by atoms with Crippen molar-refractivity contribution < 1.29 is 9.53 Å². The van der Waals surface area contributed by atoms with Gasteiger partial charge in [-0.25, -0.2) is 9.97 Å². The van der Waals surface area contributed by atoms with Crippen molar-refractivity contribution in [2.24, 2.45) is 5.73 Å². The van der Waals surface area contributed by atoms with Gasteiger partial charge in [0.2, 0.25) is 5.91 Å². The molecule has 0 spiro atoms. The van der Waals surface area contributed by atoms with Crippen molar-refractivity contribution in [1.29, 1.82) is 0 Å². The number of carbonyl (C=O) groups is 1. The highest BCUT2D eigenvalue weighted by molar-refractivity contribution is 6.30.